The first-order valence-electron chi connectivity index (χ1n) is 10.9. The van der Waals surface area contributed by atoms with E-state index in [9.17, 15) is 4.79 Å². The Kier molecular flexibility index (Phi) is 5.98. The van der Waals surface area contributed by atoms with Gasteiger partial charge in [-0.3, -0.25) is 14.8 Å². The Morgan fingerprint density at radius 3 is 2.75 bits per heavy atom. The molecular weight excluding hydrogens is 484 g/mol. The van der Waals surface area contributed by atoms with E-state index >= 15 is 0 Å². The van der Waals surface area contributed by atoms with Gasteiger partial charge in [-0.15, -0.1) is 0 Å². The molecule has 2 N–H and O–H groups in total. The van der Waals surface area contributed by atoms with Crippen LogP contribution in [-0.4, -0.2) is 37.5 Å². The Hall–Kier alpha value is -4.51. The molecule has 11 nitrogen and oxygen atoms in total. The highest BCUT2D eigenvalue weighted by Crippen LogP contribution is 2.35. The molecular formula is C24H21ClN8O3. The van der Waals surface area contributed by atoms with Crippen LogP contribution in [0, 0.1) is 5.92 Å². The van der Waals surface area contributed by atoms with Gasteiger partial charge in [-0.05, 0) is 25.1 Å². The van der Waals surface area contributed by atoms with Gasteiger partial charge in [0, 0.05) is 19.0 Å². The van der Waals surface area contributed by atoms with E-state index in [2.05, 4.69) is 49.0 Å². The lowest BCUT2D eigenvalue weighted by Crippen LogP contribution is -2.37. The number of aliphatic imine (C=N–C) groups is 2. The van der Waals surface area contributed by atoms with E-state index in [4.69, 9.17) is 20.5 Å². The third-order valence-electron chi connectivity index (χ3n) is 5.58. The van der Waals surface area contributed by atoms with Crippen molar-refractivity contribution in [3.63, 3.8) is 0 Å². The van der Waals surface area contributed by atoms with Crippen molar-refractivity contribution in [2.75, 3.05) is 10.6 Å². The first kappa shape index (κ1) is 23.2. The molecule has 5 rings (SSSR count). The van der Waals surface area contributed by atoms with E-state index < -0.39 is 17.9 Å². The molecule has 0 aliphatic carbocycles. The normalized spacial score (nSPS) is 17.4. The van der Waals surface area contributed by atoms with Crippen molar-refractivity contribution in [3.8, 4) is 0 Å². The number of anilines is 2. The Balaban J connectivity index is 1.50. The summed E-state index contributed by atoms with van der Waals surface area (Å²) in [5.74, 6) is -0.450. The largest absolute Gasteiger partial charge is 0.423 e. The molecule has 0 saturated carbocycles. The molecule has 2 unspecified atom stereocenters. The van der Waals surface area contributed by atoms with Crippen LogP contribution < -0.4 is 10.6 Å². The Bertz CT molecular complexity index is 1530. The highest BCUT2D eigenvalue weighted by Gasteiger charge is 2.39. The van der Waals surface area contributed by atoms with Crippen LogP contribution in [0.1, 0.15) is 30.0 Å². The SMILES string of the molecule is C=Cc1onc(NC(=O)C2C(C)=NC(Nc3nc4ccccc4o3)=NC2c2nn(C)cc2Cl)c1C=C. The number of halogens is 1. The molecule has 0 radical (unpaired) electrons. The van der Waals surface area contributed by atoms with Gasteiger partial charge in [-0.1, -0.05) is 48.1 Å². The molecule has 0 saturated heterocycles. The Labute approximate surface area is 210 Å². The Morgan fingerprint density at radius 2 is 2.06 bits per heavy atom. The summed E-state index contributed by atoms with van der Waals surface area (Å²) in [7, 11) is 1.73. The van der Waals surface area contributed by atoms with E-state index in [0.717, 1.165) is 0 Å². The van der Waals surface area contributed by atoms with Crippen LogP contribution in [0.25, 0.3) is 23.3 Å². The van der Waals surface area contributed by atoms with E-state index in [0.29, 0.717) is 38.9 Å². The number of nitrogens with zero attached hydrogens (tertiary/aromatic N) is 6. The van der Waals surface area contributed by atoms with Crippen LogP contribution in [0.2, 0.25) is 5.02 Å². The summed E-state index contributed by atoms with van der Waals surface area (Å²) in [6.45, 7) is 9.15. The number of carbonyl (C=O) groups excluding carboxylic acids is 1. The van der Waals surface area contributed by atoms with Crippen molar-refractivity contribution in [1.82, 2.24) is 19.9 Å². The number of para-hydroxylation sites is 2. The average Bonchev–Trinajstić information content (AvgIpc) is 3.53. The number of hydrogen-bond donors (Lipinski definition) is 2. The molecule has 0 fully saturated rings. The van der Waals surface area contributed by atoms with E-state index in [1.807, 2.05) is 18.2 Å². The number of fused-ring (bicyclic) bond motifs is 1. The van der Waals surface area contributed by atoms with Crippen LogP contribution in [0.5, 0.6) is 0 Å². The average molecular weight is 505 g/mol. The highest BCUT2D eigenvalue weighted by molar-refractivity contribution is 6.31. The summed E-state index contributed by atoms with van der Waals surface area (Å²) in [4.78, 5) is 27.1. The zero-order valence-electron chi connectivity index (χ0n) is 19.4. The lowest BCUT2D eigenvalue weighted by Gasteiger charge is -2.26. The molecule has 12 heteroatoms. The van der Waals surface area contributed by atoms with Crippen molar-refractivity contribution >= 4 is 64.3 Å². The topological polar surface area (TPSA) is 136 Å². The number of amides is 1. The summed E-state index contributed by atoms with van der Waals surface area (Å²) in [6.07, 6.45) is 4.65. The van der Waals surface area contributed by atoms with E-state index in [-0.39, 0.29) is 17.8 Å². The van der Waals surface area contributed by atoms with Gasteiger partial charge in [-0.25, -0.2) is 9.98 Å². The second-order valence-corrected chi connectivity index (χ2v) is 8.39. The number of carbonyl (C=O) groups is 1. The predicted octanol–water partition coefficient (Wildman–Crippen LogP) is 4.73. The molecule has 1 aromatic carbocycles. The van der Waals surface area contributed by atoms with Crippen LogP contribution in [-0.2, 0) is 11.8 Å². The van der Waals surface area contributed by atoms with Gasteiger partial charge >= 0.3 is 6.01 Å². The predicted molar refractivity (Wildman–Crippen MR) is 138 cm³/mol. The van der Waals surface area contributed by atoms with Crippen LogP contribution in [0.15, 0.2) is 62.5 Å². The summed E-state index contributed by atoms with van der Waals surface area (Å²) in [5.41, 5.74) is 2.70. The number of nitrogens with one attached hydrogen (secondary N) is 2. The van der Waals surface area contributed by atoms with Gasteiger partial charge in [0.1, 0.15) is 23.2 Å². The fourth-order valence-electron chi connectivity index (χ4n) is 3.95. The van der Waals surface area contributed by atoms with Gasteiger partial charge in [-0.2, -0.15) is 10.1 Å². The molecule has 1 aliphatic heterocycles. The van der Waals surface area contributed by atoms with Crippen LogP contribution in [0.3, 0.4) is 0 Å². The van der Waals surface area contributed by atoms with Gasteiger partial charge in [0.15, 0.2) is 17.2 Å². The minimum absolute atomic E-state index is 0.206. The molecule has 3 aromatic heterocycles. The number of oxazole rings is 1. The van der Waals surface area contributed by atoms with Crippen molar-refractivity contribution in [1.29, 1.82) is 0 Å². The number of benzene rings is 1. The molecule has 4 aromatic rings. The van der Waals surface area contributed by atoms with E-state index in [1.54, 1.807) is 30.9 Å². The zero-order valence-corrected chi connectivity index (χ0v) is 20.2. The molecule has 1 aliphatic rings. The van der Waals surface area contributed by atoms with E-state index in [1.165, 1.54) is 12.2 Å². The number of guanidine groups is 1. The molecule has 182 valence electrons. The first-order valence-corrected chi connectivity index (χ1v) is 11.3. The molecule has 36 heavy (non-hydrogen) atoms. The summed E-state index contributed by atoms with van der Waals surface area (Å²) in [6, 6.07) is 6.78. The van der Waals surface area contributed by atoms with Crippen LogP contribution >= 0.6 is 11.6 Å². The van der Waals surface area contributed by atoms with Gasteiger partial charge in [0.2, 0.25) is 11.9 Å². The molecule has 0 bridgehead atoms. The molecule has 4 heterocycles. The highest BCUT2D eigenvalue weighted by atomic mass is 35.5. The van der Waals surface area contributed by atoms with Crippen molar-refractivity contribution in [2.45, 2.75) is 13.0 Å². The fourth-order valence-corrected chi connectivity index (χ4v) is 4.24. The van der Waals surface area contributed by atoms with Crippen molar-refractivity contribution < 1.29 is 13.7 Å². The lowest BCUT2D eigenvalue weighted by molar-refractivity contribution is -0.118. The fraction of sp³-hybridized carbons (Fsp3) is 0.167. The van der Waals surface area contributed by atoms with Crippen LogP contribution in [0.4, 0.5) is 11.8 Å². The quantitative estimate of drug-likeness (QED) is 0.387. The summed E-state index contributed by atoms with van der Waals surface area (Å²) in [5, 5.41) is 14.5. The molecule has 2 atom stereocenters. The minimum atomic E-state index is -0.840. The first-order chi connectivity index (χ1) is 17.4. The number of rotatable bonds is 6. The second-order valence-electron chi connectivity index (χ2n) is 7.98. The second kappa shape index (κ2) is 9.27. The Morgan fingerprint density at radius 1 is 1.25 bits per heavy atom. The summed E-state index contributed by atoms with van der Waals surface area (Å²) >= 11 is 6.46. The van der Waals surface area contributed by atoms with Gasteiger partial charge in [0.25, 0.3) is 0 Å². The number of hydrogen-bond acceptors (Lipinski definition) is 9. The number of aryl methyl sites for hydroxylation is 1. The standard InChI is InChI=1S/C24H21ClN8O3/c1-5-13-16(6-2)36-32-21(13)29-22(34)18-12(3)26-23(28-20(18)19-14(25)11-33(4)31-19)30-24-27-15-9-7-8-10-17(15)35-24/h5-11,18,20H,1-2H2,3-4H3,(H,27,28,30)(H,29,32,34). The maximum absolute atomic E-state index is 13.5. The maximum atomic E-state index is 13.5. The lowest BCUT2D eigenvalue weighted by atomic mass is 9.91. The third kappa shape index (κ3) is 4.20. The molecule has 0 spiro atoms. The van der Waals surface area contributed by atoms with Gasteiger partial charge < -0.3 is 14.3 Å². The van der Waals surface area contributed by atoms with Crippen molar-refractivity contribution in [2.24, 2.45) is 23.0 Å². The summed E-state index contributed by atoms with van der Waals surface area (Å²) < 4.78 is 12.5. The number of aromatic nitrogens is 4. The maximum Gasteiger partial charge on any atom is 0.302 e. The molecule has 1 amide bonds. The third-order valence-corrected chi connectivity index (χ3v) is 5.87. The van der Waals surface area contributed by atoms with Crippen molar-refractivity contribution in [3.05, 3.63) is 65.7 Å². The van der Waals surface area contributed by atoms with Gasteiger partial charge in [0.05, 0.1) is 10.6 Å². The minimum Gasteiger partial charge on any atom is -0.423 e. The smallest absolute Gasteiger partial charge is 0.302 e. The zero-order chi connectivity index (χ0) is 25.4. The monoisotopic (exact) mass is 504 g/mol.